The van der Waals surface area contributed by atoms with Gasteiger partial charge >= 0.3 is 0 Å². The third-order valence-corrected chi connectivity index (χ3v) is 8.31. The zero-order valence-corrected chi connectivity index (χ0v) is 26.4. The number of fused-ring (bicyclic) bond motifs is 2. The number of carbonyl (C=O) groups excluding carboxylic acids is 5. The Morgan fingerprint density at radius 1 is 0.936 bits per heavy atom. The Kier molecular flexibility index (Phi) is 9.64. The number of nitrogens with zero attached hydrogens (tertiary/aromatic N) is 2. The summed E-state index contributed by atoms with van der Waals surface area (Å²) in [4.78, 5) is 68.6. The Morgan fingerprint density at radius 3 is 2.23 bits per heavy atom. The molecule has 4 N–H and O–H groups in total. The van der Waals surface area contributed by atoms with Crippen molar-refractivity contribution in [2.75, 3.05) is 30.5 Å². The normalized spacial score (nSPS) is 15.0. The lowest BCUT2D eigenvalue weighted by atomic mass is 10.00. The van der Waals surface area contributed by atoms with E-state index in [1.165, 1.54) is 23.8 Å². The second-order valence-corrected chi connectivity index (χ2v) is 11.2. The van der Waals surface area contributed by atoms with Gasteiger partial charge in [-0.05, 0) is 74.1 Å². The van der Waals surface area contributed by atoms with Crippen LogP contribution in [-0.4, -0.2) is 67.4 Å². The molecule has 0 spiro atoms. The van der Waals surface area contributed by atoms with Crippen LogP contribution in [0.1, 0.15) is 50.5 Å². The molecule has 1 heterocycles. The molecule has 5 rings (SSSR count). The number of hydroxylamine groups is 1. The number of benzene rings is 4. The number of rotatable bonds is 9. The van der Waals surface area contributed by atoms with Crippen molar-refractivity contribution >= 4 is 51.6 Å². The van der Waals surface area contributed by atoms with E-state index in [0.29, 0.717) is 44.6 Å². The highest BCUT2D eigenvalue weighted by atomic mass is 16.5. The third-order valence-electron chi connectivity index (χ3n) is 8.31. The van der Waals surface area contributed by atoms with E-state index in [2.05, 4.69) is 10.6 Å². The zero-order valence-electron chi connectivity index (χ0n) is 26.4. The summed E-state index contributed by atoms with van der Waals surface area (Å²) in [6.45, 7) is 2.94. The van der Waals surface area contributed by atoms with Gasteiger partial charge < -0.3 is 25.2 Å². The van der Waals surface area contributed by atoms with Crippen molar-refractivity contribution in [3.8, 4) is 5.75 Å². The number of Topliss-reactive ketones (excluding diaryl/α,β-unsaturated/α-hetero) is 1. The van der Waals surface area contributed by atoms with E-state index >= 15 is 0 Å². The molecule has 0 saturated heterocycles. The van der Waals surface area contributed by atoms with Crippen LogP contribution < -0.4 is 30.7 Å². The van der Waals surface area contributed by atoms with E-state index in [4.69, 9.17) is 9.94 Å². The molecule has 0 aliphatic carbocycles. The molecule has 0 saturated carbocycles. The number of carbonyl (C=O) groups is 5. The van der Waals surface area contributed by atoms with Gasteiger partial charge in [-0.15, -0.1) is 0 Å². The largest absolute Gasteiger partial charge is 0.496 e. The number of likely N-dealkylation sites (N-methyl/N-ethyl adjacent to an activating group) is 1. The van der Waals surface area contributed by atoms with Crippen LogP contribution in [0.5, 0.6) is 5.75 Å². The van der Waals surface area contributed by atoms with Crippen molar-refractivity contribution in [3.05, 3.63) is 101 Å². The highest BCUT2D eigenvalue weighted by molar-refractivity contribution is 6.13. The number of methoxy groups -OCH3 is 1. The van der Waals surface area contributed by atoms with Gasteiger partial charge in [0.15, 0.2) is 5.78 Å². The van der Waals surface area contributed by atoms with Gasteiger partial charge in [0.1, 0.15) is 11.8 Å². The highest BCUT2D eigenvalue weighted by Gasteiger charge is 2.38. The quantitative estimate of drug-likeness (QED) is 0.124. The first kappa shape index (κ1) is 32.8. The average molecular weight is 638 g/mol. The standard InChI is InChI=1S/C35H35N5O7/c1-20(36-3)32(42)37-28-19-40(34(44)23-11-9-22(10-12-23)21(2)41)30-8-6-5-7-29(30)39(35(28)45)18-27-26-15-13-25(33(43)38-46)17-24(26)14-16-31(27)47-4/h5-17,20,28,36,46H,18-19H2,1-4H3,(H,37,42)(H,38,43). The Labute approximate surface area is 271 Å². The Morgan fingerprint density at radius 2 is 1.60 bits per heavy atom. The van der Waals surface area contributed by atoms with Crippen molar-refractivity contribution in [1.82, 2.24) is 16.1 Å². The second-order valence-electron chi connectivity index (χ2n) is 11.2. The maximum atomic E-state index is 14.5. The summed E-state index contributed by atoms with van der Waals surface area (Å²) >= 11 is 0. The number of nitrogens with one attached hydrogen (secondary N) is 3. The third kappa shape index (κ3) is 6.55. The van der Waals surface area contributed by atoms with Crippen LogP contribution >= 0.6 is 0 Å². The number of hydrogen-bond acceptors (Lipinski definition) is 8. The minimum absolute atomic E-state index is 0.00874. The summed E-state index contributed by atoms with van der Waals surface area (Å²) in [7, 11) is 3.14. The van der Waals surface area contributed by atoms with Crippen LogP contribution in [0.3, 0.4) is 0 Å². The molecule has 242 valence electrons. The molecule has 4 amide bonds. The predicted molar refractivity (Wildman–Crippen MR) is 176 cm³/mol. The molecular formula is C35H35N5O7. The summed E-state index contributed by atoms with van der Waals surface area (Å²) in [5, 5.41) is 16.2. The number of anilines is 2. The van der Waals surface area contributed by atoms with Gasteiger partial charge in [-0.3, -0.25) is 29.2 Å². The SMILES string of the molecule is CNC(C)C(=O)NC1CN(C(=O)c2ccc(C(C)=O)cc2)c2ccccc2N(Cc2c(OC)ccc3cc(C(=O)NO)ccc23)C1=O. The molecule has 2 unspecified atom stereocenters. The summed E-state index contributed by atoms with van der Waals surface area (Å²) in [5.41, 5.74) is 4.13. The number of ether oxygens (including phenoxy) is 1. The number of hydrogen-bond donors (Lipinski definition) is 4. The lowest BCUT2D eigenvalue weighted by Crippen LogP contribution is -2.55. The molecule has 1 aliphatic rings. The van der Waals surface area contributed by atoms with Crippen molar-refractivity contribution in [2.45, 2.75) is 32.5 Å². The molecule has 4 aromatic rings. The van der Waals surface area contributed by atoms with E-state index in [1.54, 1.807) is 98.3 Å². The van der Waals surface area contributed by atoms with Gasteiger partial charge in [0.2, 0.25) is 5.91 Å². The lowest BCUT2D eigenvalue weighted by Gasteiger charge is -2.27. The molecule has 47 heavy (non-hydrogen) atoms. The fourth-order valence-electron chi connectivity index (χ4n) is 5.57. The molecule has 0 radical (unpaired) electrons. The number of amides is 4. The van der Waals surface area contributed by atoms with E-state index in [-0.39, 0.29) is 24.4 Å². The molecule has 1 aliphatic heterocycles. The van der Waals surface area contributed by atoms with Crippen molar-refractivity contribution < 1.29 is 33.9 Å². The maximum Gasteiger partial charge on any atom is 0.274 e. The number of para-hydroxylation sites is 2. The molecular weight excluding hydrogens is 602 g/mol. The van der Waals surface area contributed by atoms with E-state index in [0.717, 1.165) is 0 Å². The molecule has 0 aromatic heterocycles. The second kappa shape index (κ2) is 13.8. The Hall–Kier alpha value is -5.59. The highest BCUT2D eigenvalue weighted by Crippen LogP contribution is 2.38. The fourth-order valence-corrected chi connectivity index (χ4v) is 5.57. The summed E-state index contributed by atoms with van der Waals surface area (Å²) in [6, 6.07) is 19.9. The average Bonchev–Trinajstić information content (AvgIpc) is 3.21. The summed E-state index contributed by atoms with van der Waals surface area (Å²) in [5.74, 6) is -1.62. The van der Waals surface area contributed by atoms with Crippen LogP contribution in [0.15, 0.2) is 78.9 Å². The molecule has 4 aromatic carbocycles. The van der Waals surface area contributed by atoms with Gasteiger partial charge in [-0.25, -0.2) is 5.48 Å². The Balaban J connectivity index is 1.64. The minimum Gasteiger partial charge on any atom is -0.496 e. The van der Waals surface area contributed by atoms with Gasteiger partial charge in [-0.2, -0.15) is 0 Å². The van der Waals surface area contributed by atoms with Gasteiger partial charge in [0.25, 0.3) is 17.7 Å². The van der Waals surface area contributed by atoms with Crippen LogP contribution in [0, 0.1) is 0 Å². The molecule has 12 nitrogen and oxygen atoms in total. The van der Waals surface area contributed by atoms with Crippen LogP contribution in [0.2, 0.25) is 0 Å². The molecule has 2 atom stereocenters. The van der Waals surface area contributed by atoms with Gasteiger partial charge in [0, 0.05) is 22.3 Å². The van der Waals surface area contributed by atoms with E-state index in [9.17, 15) is 24.0 Å². The van der Waals surface area contributed by atoms with E-state index < -0.39 is 35.7 Å². The van der Waals surface area contributed by atoms with Crippen molar-refractivity contribution in [3.63, 3.8) is 0 Å². The van der Waals surface area contributed by atoms with Crippen LogP contribution in [-0.2, 0) is 16.1 Å². The summed E-state index contributed by atoms with van der Waals surface area (Å²) in [6.07, 6.45) is 0. The van der Waals surface area contributed by atoms with Crippen LogP contribution in [0.4, 0.5) is 11.4 Å². The first-order valence-corrected chi connectivity index (χ1v) is 14.9. The van der Waals surface area contributed by atoms with E-state index in [1.807, 2.05) is 0 Å². The summed E-state index contributed by atoms with van der Waals surface area (Å²) < 4.78 is 5.71. The topological polar surface area (TPSA) is 157 Å². The molecule has 0 bridgehead atoms. The smallest absolute Gasteiger partial charge is 0.274 e. The predicted octanol–water partition coefficient (Wildman–Crippen LogP) is 3.46. The Bertz CT molecular complexity index is 1870. The van der Waals surface area contributed by atoms with Crippen molar-refractivity contribution in [2.24, 2.45) is 0 Å². The zero-order chi connectivity index (χ0) is 33.8. The molecule has 0 fully saturated rings. The van der Waals surface area contributed by atoms with Crippen LogP contribution in [0.25, 0.3) is 10.8 Å². The first-order valence-electron chi connectivity index (χ1n) is 14.9. The van der Waals surface area contributed by atoms with Crippen molar-refractivity contribution in [1.29, 1.82) is 0 Å². The monoisotopic (exact) mass is 637 g/mol. The lowest BCUT2D eigenvalue weighted by molar-refractivity contribution is -0.128. The molecule has 12 heteroatoms. The van der Waals surface area contributed by atoms with Gasteiger partial charge in [0.05, 0.1) is 37.6 Å². The van der Waals surface area contributed by atoms with Gasteiger partial charge in [-0.1, -0.05) is 36.4 Å². The minimum atomic E-state index is -1.13. The number of ketones is 1. The fraction of sp³-hybridized carbons (Fsp3) is 0.229. The maximum absolute atomic E-state index is 14.5. The first-order chi connectivity index (χ1) is 22.6.